The van der Waals surface area contributed by atoms with E-state index in [-0.39, 0.29) is 30.5 Å². The number of pyridine rings is 1. The SMILES string of the molecule is O=C(O)c1ccc2c(c1)CN(c1ccc(OCc3ccccc3)nc1OCc1ccccc1)C2=O. The standard InChI is InChI=1S/C28H22N2O5/c31-27-23-12-11-21(28(32)33)15-22(23)16-30(27)24-13-14-25(34-17-19-7-3-1-4-8-19)29-26(24)35-18-20-9-5-2-6-10-20/h1-15H,16-18H2,(H,32,33). The second-order valence-corrected chi connectivity index (χ2v) is 8.09. The van der Waals surface area contributed by atoms with E-state index in [2.05, 4.69) is 4.98 Å². The normalized spacial score (nSPS) is 12.3. The minimum atomic E-state index is -1.04. The van der Waals surface area contributed by atoms with Crippen LogP contribution in [0.3, 0.4) is 0 Å². The number of benzene rings is 3. The molecule has 1 aromatic heterocycles. The summed E-state index contributed by atoms with van der Waals surface area (Å²) < 4.78 is 11.9. The number of anilines is 1. The van der Waals surface area contributed by atoms with Crippen LogP contribution in [0.25, 0.3) is 0 Å². The highest BCUT2D eigenvalue weighted by Crippen LogP contribution is 2.36. The molecule has 174 valence electrons. The van der Waals surface area contributed by atoms with Crippen LogP contribution in [0.5, 0.6) is 11.8 Å². The van der Waals surface area contributed by atoms with Crippen molar-refractivity contribution in [3.63, 3.8) is 0 Å². The molecule has 0 spiro atoms. The molecule has 0 atom stereocenters. The fraction of sp³-hybridized carbons (Fsp3) is 0.107. The number of aromatic carboxylic acids is 1. The number of carbonyl (C=O) groups is 2. The quantitative estimate of drug-likeness (QED) is 0.389. The molecule has 0 unspecified atom stereocenters. The molecule has 0 fully saturated rings. The highest BCUT2D eigenvalue weighted by atomic mass is 16.5. The number of nitrogens with zero attached hydrogens (tertiary/aromatic N) is 2. The molecule has 1 aliphatic rings. The highest BCUT2D eigenvalue weighted by Gasteiger charge is 2.31. The molecule has 1 N–H and O–H groups in total. The molecule has 1 amide bonds. The molecule has 0 radical (unpaired) electrons. The van der Waals surface area contributed by atoms with Gasteiger partial charge in [0.1, 0.15) is 18.9 Å². The Bertz CT molecular complexity index is 1370. The topological polar surface area (TPSA) is 89.0 Å². The number of fused-ring (bicyclic) bond motifs is 1. The maximum atomic E-state index is 13.2. The van der Waals surface area contributed by atoms with E-state index >= 15 is 0 Å². The Morgan fingerprint density at radius 2 is 1.51 bits per heavy atom. The van der Waals surface area contributed by atoms with Gasteiger partial charge in [0, 0.05) is 11.6 Å². The zero-order chi connectivity index (χ0) is 24.2. The van der Waals surface area contributed by atoms with Crippen LogP contribution in [0, 0.1) is 0 Å². The Morgan fingerprint density at radius 3 is 2.17 bits per heavy atom. The molecule has 35 heavy (non-hydrogen) atoms. The summed E-state index contributed by atoms with van der Waals surface area (Å²) in [5.74, 6) is -0.634. The Balaban J connectivity index is 1.43. The molecule has 7 heteroatoms. The van der Waals surface area contributed by atoms with Gasteiger partial charge in [-0.3, -0.25) is 9.69 Å². The molecule has 0 aliphatic carbocycles. The predicted molar refractivity (Wildman–Crippen MR) is 130 cm³/mol. The van der Waals surface area contributed by atoms with Crippen LogP contribution in [0.15, 0.2) is 91.0 Å². The van der Waals surface area contributed by atoms with Crippen LogP contribution in [0.1, 0.15) is 37.4 Å². The van der Waals surface area contributed by atoms with Crippen LogP contribution < -0.4 is 14.4 Å². The lowest BCUT2D eigenvalue weighted by atomic mass is 10.1. The Hall–Kier alpha value is -4.65. The van der Waals surface area contributed by atoms with E-state index in [0.29, 0.717) is 29.3 Å². The highest BCUT2D eigenvalue weighted by molar-refractivity contribution is 6.11. The summed E-state index contributed by atoms with van der Waals surface area (Å²) >= 11 is 0. The van der Waals surface area contributed by atoms with Crippen molar-refractivity contribution < 1.29 is 24.2 Å². The molecule has 2 heterocycles. The van der Waals surface area contributed by atoms with Gasteiger partial charge in [0.2, 0.25) is 11.8 Å². The third kappa shape index (κ3) is 4.84. The number of carboxylic acid groups (broad SMARTS) is 1. The summed E-state index contributed by atoms with van der Waals surface area (Å²) in [4.78, 5) is 30.6. The van der Waals surface area contributed by atoms with Gasteiger partial charge in [0.15, 0.2) is 0 Å². The van der Waals surface area contributed by atoms with Crippen LogP contribution in [0.4, 0.5) is 5.69 Å². The zero-order valence-electron chi connectivity index (χ0n) is 18.8. The van der Waals surface area contributed by atoms with Crippen molar-refractivity contribution in [2.24, 2.45) is 0 Å². The lowest BCUT2D eigenvalue weighted by Crippen LogP contribution is -2.24. The van der Waals surface area contributed by atoms with Crippen molar-refractivity contribution in [2.45, 2.75) is 19.8 Å². The van der Waals surface area contributed by atoms with Crippen LogP contribution in [-0.4, -0.2) is 22.0 Å². The van der Waals surface area contributed by atoms with Gasteiger partial charge in [-0.05, 0) is 41.0 Å². The summed E-state index contributed by atoms with van der Waals surface area (Å²) in [5.41, 5.74) is 3.71. The molecule has 0 saturated carbocycles. The van der Waals surface area contributed by atoms with Gasteiger partial charge >= 0.3 is 5.97 Å². The number of aromatic nitrogens is 1. The largest absolute Gasteiger partial charge is 0.478 e. The van der Waals surface area contributed by atoms with Crippen LogP contribution in [0.2, 0.25) is 0 Å². The smallest absolute Gasteiger partial charge is 0.335 e. The lowest BCUT2D eigenvalue weighted by molar-refractivity contribution is 0.0696. The number of hydrogen-bond acceptors (Lipinski definition) is 5. The van der Waals surface area contributed by atoms with Crippen molar-refractivity contribution in [1.29, 1.82) is 0 Å². The van der Waals surface area contributed by atoms with E-state index in [0.717, 1.165) is 11.1 Å². The molecular weight excluding hydrogens is 444 g/mol. The van der Waals surface area contributed by atoms with E-state index in [1.54, 1.807) is 23.1 Å². The van der Waals surface area contributed by atoms with E-state index in [1.165, 1.54) is 12.1 Å². The minimum absolute atomic E-state index is 0.140. The number of rotatable bonds is 8. The summed E-state index contributed by atoms with van der Waals surface area (Å²) in [7, 11) is 0. The van der Waals surface area contributed by atoms with E-state index in [9.17, 15) is 14.7 Å². The summed E-state index contributed by atoms with van der Waals surface area (Å²) in [6.07, 6.45) is 0. The van der Waals surface area contributed by atoms with Gasteiger partial charge in [0.25, 0.3) is 5.91 Å². The van der Waals surface area contributed by atoms with Gasteiger partial charge in [-0.1, -0.05) is 60.7 Å². The number of hydrogen-bond donors (Lipinski definition) is 1. The number of carboxylic acids is 1. The number of ether oxygens (including phenoxy) is 2. The molecule has 5 rings (SSSR count). The average molecular weight is 466 g/mol. The molecule has 0 saturated heterocycles. The summed E-state index contributed by atoms with van der Waals surface area (Å²) in [6, 6.07) is 27.4. The Kier molecular flexibility index (Phi) is 6.13. The fourth-order valence-corrected chi connectivity index (χ4v) is 3.91. The van der Waals surface area contributed by atoms with Gasteiger partial charge in [0.05, 0.1) is 12.1 Å². The zero-order valence-corrected chi connectivity index (χ0v) is 18.8. The second kappa shape index (κ2) is 9.69. The monoisotopic (exact) mass is 466 g/mol. The second-order valence-electron chi connectivity index (χ2n) is 8.09. The molecule has 0 bridgehead atoms. The van der Waals surface area contributed by atoms with Crippen molar-refractivity contribution in [3.8, 4) is 11.8 Å². The van der Waals surface area contributed by atoms with Gasteiger partial charge < -0.3 is 14.6 Å². The summed E-state index contributed by atoms with van der Waals surface area (Å²) in [6.45, 7) is 0.835. The maximum Gasteiger partial charge on any atom is 0.335 e. The van der Waals surface area contributed by atoms with Gasteiger partial charge in [-0.2, -0.15) is 4.98 Å². The van der Waals surface area contributed by atoms with Gasteiger partial charge in [-0.15, -0.1) is 0 Å². The van der Waals surface area contributed by atoms with Crippen molar-refractivity contribution in [3.05, 3.63) is 119 Å². The molecule has 1 aliphatic heterocycles. The van der Waals surface area contributed by atoms with Crippen LogP contribution in [-0.2, 0) is 19.8 Å². The van der Waals surface area contributed by atoms with Crippen molar-refractivity contribution in [1.82, 2.24) is 4.98 Å². The van der Waals surface area contributed by atoms with E-state index < -0.39 is 5.97 Å². The van der Waals surface area contributed by atoms with E-state index in [1.807, 2.05) is 60.7 Å². The predicted octanol–water partition coefficient (Wildman–Crippen LogP) is 5.10. The molecule has 4 aromatic rings. The first kappa shape index (κ1) is 22.2. The Morgan fingerprint density at radius 1 is 0.857 bits per heavy atom. The third-order valence-corrected chi connectivity index (χ3v) is 5.71. The first-order chi connectivity index (χ1) is 17.1. The van der Waals surface area contributed by atoms with Crippen LogP contribution >= 0.6 is 0 Å². The number of amides is 1. The lowest BCUT2D eigenvalue weighted by Gasteiger charge is -2.20. The van der Waals surface area contributed by atoms with E-state index in [4.69, 9.17) is 9.47 Å². The van der Waals surface area contributed by atoms with Gasteiger partial charge in [-0.25, -0.2) is 4.79 Å². The molecular formula is C28H22N2O5. The van der Waals surface area contributed by atoms with Crippen molar-refractivity contribution in [2.75, 3.05) is 4.90 Å². The molecule has 7 nitrogen and oxygen atoms in total. The summed E-state index contributed by atoms with van der Waals surface area (Å²) in [5, 5.41) is 9.31. The van der Waals surface area contributed by atoms with Crippen molar-refractivity contribution >= 4 is 17.6 Å². The average Bonchev–Trinajstić information content (AvgIpc) is 3.23. The first-order valence-corrected chi connectivity index (χ1v) is 11.1. The minimum Gasteiger partial charge on any atom is -0.478 e. The molecule has 3 aromatic carbocycles. The fourth-order valence-electron chi connectivity index (χ4n) is 3.91. The third-order valence-electron chi connectivity index (χ3n) is 5.71. The first-order valence-electron chi connectivity index (χ1n) is 11.1. The maximum absolute atomic E-state index is 13.2. The Labute approximate surface area is 202 Å². The number of carbonyl (C=O) groups excluding carboxylic acids is 1.